The maximum Gasteiger partial charge on any atom is 0.335 e. The van der Waals surface area contributed by atoms with Crippen molar-refractivity contribution < 1.29 is 15.0 Å². The van der Waals surface area contributed by atoms with Crippen molar-refractivity contribution in [2.75, 3.05) is 0 Å². The number of hydrogen-bond donors (Lipinski definition) is 2. The van der Waals surface area contributed by atoms with Crippen LogP contribution in [0.15, 0.2) is 42.5 Å². The molecular formula is C16H12O3. The number of aryl methyl sites for hydroxylation is 1. The molecule has 94 valence electrons. The summed E-state index contributed by atoms with van der Waals surface area (Å²) >= 11 is 0. The van der Waals surface area contributed by atoms with Crippen molar-refractivity contribution in [3.8, 4) is 17.6 Å². The van der Waals surface area contributed by atoms with Crippen LogP contribution < -0.4 is 0 Å². The highest BCUT2D eigenvalue weighted by Gasteiger charge is 2.00. The Labute approximate surface area is 111 Å². The Morgan fingerprint density at radius 3 is 2.16 bits per heavy atom. The molecule has 0 fully saturated rings. The van der Waals surface area contributed by atoms with E-state index in [-0.39, 0.29) is 11.3 Å². The van der Waals surface area contributed by atoms with Gasteiger partial charge in [0.1, 0.15) is 5.75 Å². The zero-order chi connectivity index (χ0) is 13.8. The number of phenolic OH excluding ortho intramolecular Hbond substituents is 1. The van der Waals surface area contributed by atoms with Gasteiger partial charge in [-0.3, -0.25) is 0 Å². The van der Waals surface area contributed by atoms with Crippen molar-refractivity contribution in [1.82, 2.24) is 0 Å². The lowest BCUT2D eigenvalue weighted by atomic mass is 10.1. The van der Waals surface area contributed by atoms with Crippen molar-refractivity contribution in [1.29, 1.82) is 0 Å². The molecule has 2 aromatic carbocycles. The summed E-state index contributed by atoms with van der Waals surface area (Å²) in [4.78, 5) is 10.7. The second-order valence-electron chi connectivity index (χ2n) is 4.13. The van der Waals surface area contributed by atoms with E-state index in [2.05, 4.69) is 11.8 Å². The lowest BCUT2D eigenvalue weighted by molar-refractivity contribution is 0.0697. The van der Waals surface area contributed by atoms with E-state index in [0.29, 0.717) is 0 Å². The summed E-state index contributed by atoms with van der Waals surface area (Å²) in [5.41, 5.74) is 2.56. The summed E-state index contributed by atoms with van der Waals surface area (Å²) in [6.45, 7) is 1.81. The fraction of sp³-hybridized carbons (Fsp3) is 0.0625. The van der Waals surface area contributed by atoms with Crippen LogP contribution in [0.4, 0.5) is 0 Å². The number of carboxylic acid groups (broad SMARTS) is 1. The lowest BCUT2D eigenvalue weighted by Gasteiger charge is -1.97. The first-order valence-corrected chi connectivity index (χ1v) is 5.71. The molecule has 0 aromatic heterocycles. The van der Waals surface area contributed by atoms with E-state index in [4.69, 9.17) is 5.11 Å². The fourth-order valence-electron chi connectivity index (χ4n) is 1.57. The molecule has 3 nitrogen and oxygen atoms in total. The van der Waals surface area contributed by atoms with Gasteiger partial charge in [0.15, 0.2) is 0 Å². The molecule has 2 rings (SSSR count). The van der Waals surface area contributed by atoms with E-state index >= 15 is 0 Å². The Morgan fingerprint density at radius 2 is 1.58 bits per heavy atom. The molecule has 0 saturated heterocycles. The van der Waals surface area contributed by atoms with Crippen molar-refractivity contribution in [3.63, 3.8) is 0 Å². The maximum atomic E-state index is 10.7. The molecule has 0 atom stereocenters. The third kappa shape index (κ3) is 3.14. The smallest absolute Gasteiger partial charge is 0.335 e. The Morgan fingerprint density at radius 1 is 1.00 bits per heavy atom. The minimum atomic E-state index is -0.950. The van der Waals surface area contributed by atoms with Crippen molar-refractivity contribution in [2.45, 2.75) is 6.92 Å². The number of carboxylic acids is 1. The van der Waals surface area contributed by atoms with Gasteiger partial charge in [0, 0.05) is 11.1 Å². The third-order valence-electron chi connectivity index (χ3n) is 2.68. The van der Waals surface area contributed by atoms with Crippen LogP contribution in [0.2, 0.25) is 0 Å². The molecule has 0 aliphatic heterocycles. The van der Waals surface area contributed by atoms with Crippen molar-refractivity contribution in [3.05, 3.63) is 64.7 Å². The first kappa shape index (κ1) is 12.7. The molecule has 0 saturated carbocycles. The molecule has 3 heteroatoms. The quantitative estimate of drug-likeness (QED) is 0.767. The first-order valence-electron chi connectivity index (χ1n) is 5.71. The normalized spacial score (nSPS) is 9.53. The minimum Gasteiger partial charge on any atom is -0.508 e. The number of rotatable bonds is 1. The summed E-state index contributed by atoms with van der Waals surface area (Å²) in [6, 6.07) is 11.5. The third-order valence-corrected chi connectivity index (χ3v) is 2.68. The van der Waals surface area contributed by atoms with Gasteiger partial charge in [-0.15, -0.1) is 0 Å². The summed E-state index contributed by atoms with van der Waals surface area (Å²) in [5, 5.41) is 18.2. The Kier molecular flexibility index (Phi) is 3.53. The molecule has 0 heterocycles. The molecule has 19 heavy (non-hydrogen) atoms. The standard InChI is InChI=1S/C16H12O3/c1-11-10-13(6-9-15(11)17)3-2-12-4-7-14(8-5-12)16(18)19/h4-10,17H,1H3,(H,18,19). The molecule has 0 spiro atoms. The number of aromatic hydroxyl groups is 1. The van der Waals surface area contributed by atoms with Gasteiger partial charge >= 0.3 is 5.97 Å². The summed E-state index contributed by atoms with van der Waals surface area (Å²) in [5.74, 6) is 5.21. The average molecular weight is 252 g/mol. The van der Waals surface area contributed by atoms with Gasteiger partial charge < -0.3 is 10.2 Å². The second kappa shape index (κ2) is 5.28. The molecular weight excluding hydrogens is 240 g/mol. The first-order chi connectivity index (χ1) is 9.06. The van der Waals surface area contributed by atoms with Crippen molar-refractivity contribution in [2.24, 2.45) is 0 Å². The van der Waals surface area contributed by atoms with E-state index in [1.807, 2.05) is 6.92 Å². The van der Waals surface area contributed by atoms with Crippen LogP contribution in [0.3, 0.4) is 0 Å². The van der Waals surface area contributed by atoms with E-state index in [1.165, 1.54) is 12.1 Å². The minimum absolute atomic E-state index is 0.242. The average Bonchev–Trinajstić information content (AvgIpc) is 2.40. The zero-order valence-corrected chi connectivity index (χ0v) is 10.3. The van der Waals surface area contributed by atoms with E-state index in [0.717, 1.165) is 16.7 Å². The molecule has 0 bridgehead atoms. The molecule has 0 unspecified atom stereocenters. The van der Waals surface area contributed by atoms with Crippen LogP contribution in [0.25, 0.3) is 0 Å². The predicted molar refractivity (Wildman–Crippen MR) is 72.2 cm³/mol. The Bertz CT molecular complexity index is 673. The van der Waals surface area contributed by atoms with Gasteiger partial charge in [-0.1, -0.05) is 11.8 Å². The molecule has 2 aromatic rings. The number of benzene rings is 2. The molecule has 0 aliphatic rings. The molecule has 0 aliphatic carbocycles. The molecule has 2 N–H and O–H groups in total. The summed E-state index contributed by atoms with van der Waals surface area (Å²) in [7, 11) is 0. The van der Waals surface area contributed by atoms with Gasteiger partial charge in [0.05, 0.1) is 5.56 Å². The van der Waals surface area contributed by atoms with Crippen LogP contribution in [-0.2, 0) is 0 Å². The molecule has 0 radical (unpaired) electrons. The number of hydrogen-bond acceptors (Lipinski definition) is 2. The predicted octanol–water partition coefficient (Wildman–Crippen LogP) is 2.80. The van der Waals surface area contributed by atoms with E-state index < -0.39 is 5.97 Å². The van der Waals surface area contributed by atoms with Gasteiger partial charge in [-0.05, 0) is 55.0 Å². The van der Waals surface area contributed by atoms with Crippen LogP contribution in [0.5, 0.6) is 5.75 Å². The largest absolute Gasteiger partial charge is 0.508 e. The highest BCUT2D eigenvalue weighted by Crippen LogP contribution is 2.16. The van der Waals surface area contributed by atoms with Crippen LogP contribution in [0, 0.1) is 18.8 Å². The van der Waals surface area contributed by atoms with Crippen LogP contribution in [0.1, 0.15) is 27.0 Å². The number of carbonyl (C=O) groups is 1. The van der Waals surface area contributed by atoms with Crippen LogP contribution >= 0.6 is 0 Å². The number of aromatic carboxylic acids is 1. The highest BCUT2D eigenvalue weighted by molar-refractivity contribution is 5.87. The van der Waals surface area contributed by atoms with E-state index in [9.17, 15) is 9.90 Å². The number of phenols is 1. The van der Waals surface area contributed by atoms with E-state index in [1.54, 1.807) is 30.3 Å². The SMILES string of the molecule is Cc1cc(C#Cc2ccc(C(=O)O)cc2)ccc1O. The fourth-order valence-corrected chi connectivity index (χ4v) is 1.57. The Balaban J connectivity index is 2.23. The monoisotopic (exact) mass is 252 g/mol. The molecule has 0 amide bonds. The van der Waals surface area contributed by atoms with Gasteiger partial charge in [-0.25, -0.2) is 4.79 Å². The summed E-state index contributed by atoms with van der Waals surface area (Å²) < 4.78 is 0. The highest BCUT2D eigenvalue weighted by atomic mass is 16.4. The topological polar surface area (TPSA) is 57.5 Å². The second-order valence-corrected chi connectivity index (χ2v) is 4.13. The van der Waals surface area contributed by atoms with Crippen molar-refractivity contribution >= 4 is 5.97 Å². The summed E-state index contributed by atoms with van der Waals surface area (Å²) in [6.07, 6.45) is 0. The van der Waals surface area contributed by atoms with Gasteiger partial charge in [0.2, 0.25) is 0 Å². The van der Waals surface area contributed by atoms with Gasteiger partial charge in [-0.2, -0.15) is 0 Å². The van der Waals surface area contributed by atoms with Gasteiger partial charge in [0.25, 0.3) is 0 Å². The van der Waals surface area contributed by atoms with Crippen LogP contribution in [-0.4, -0.2) is 16.2 Å². The lowest BCUT2D eigenvalue weighted by Crippen LogP contribution is -1.94. The zero-order valence-electron chi connectivity index (χ0n) is 10.3. The maximum absolute atomic E-state index is 10.7. The Hall–Kier alpha value is -2.73.